The Labute approximate surface area is 185 Å². The minimum atomic E-state index is -0.872. The van der Waals surface area contributed by atoms with Gasteiger partial charge in [0.2, 0.25) is 0 Å². The molecule has 0 bridgehead atoms. The van der Waals surface area contributed by atoms with E-state index < -0.39 is 23.5 Å². The third kappa shape index (κ3) is 3.75. The lowest BCUT2D eigenvalue weighted by atomic mass is 9.94. The second-order valence-corrected chi connectivity index (χ2v) is 7.47. The summed E-state index contributed by atoms with van der Waals surface area (Å²) in [5, 5.41) is 11.1. The molecule has 0 aliphatic carbocycles. The van der Waals surface area contributed by atoms with Crippen LogP contribution in [0, 0.1) is 12.7 Å². The Balaban J connectivity index is 1.94. The molecular weight excluding hydrogens is 409 g/mol. The molecule has 1 atom stereocenters. The SMILES string of the molecule is CCOc1cccc(C2/C(=C(/O)c3ccc(F)c(C)c3)C(=O)C(=O)N2c2ccccc2)c1. The molecule has 3 aromatic carbocycles. The van der Waals surface area contributed by atoms with Gasteiger partial charge in [-0.15, -0.1) is 0 Å². The number of aryl methyl sites for hydroxylation is 1. The van der Waals surface area contributed by atoms with Crippen LogP contribution >= 0.6 is 0 Å². The van der Waals surface area contributed by atoms with E-state index in [0.717, 1.165) is 0 Å². The first-order chi connectivity index (χ1) is 15.4. The number of carbonyl (C=O) groups is 2. The van der Waals surface area contributed by atoms with Crippen LogP contribution in [0.2, 0.25) is 0 Å². The number of halogens is 1. The normalized spacial score (nSPS) is 17.6. The number of nitrogens with zero attached hydrogens (tertiary/aromatic N) is 1. The summed E-state index contributed by atoms with van der Waals surface area (Å²) in [7, 11) is 0. The highest BCUT2D eigenvalue weighted by molar-refractivity contribution is 6.51. The smallest absolute Gasteiger partial charge is 0.300 e. The minimum Gasteiger partial charge on any atom is -0.507 e. The number of aliphatic hydroxyl groups is 1. The number of ketones is 1. The van der Waals surface area contributed by atoms with Crippen LogP contribution < -0.4 is 9.64 Å². The Morgan fingerprint density at radius 3 is 2.47 bits per heavy atom. The van der Waals surface area contributed by atoms with Crippen molar-refractivity contribution in [2.45, 2.75) is 19.9 Å². The van der Waals surface area contributed by atoms with Crippen molar-refractivity contribution in [2.24, 2.45) is 0 Å². The molecule has 0 aromatic heterocycles. The number of Topliss-reactive ketones (excluding diaryl/α,β-unsaturated/α-hetero) is 1. The summed E-state index contributed by atoms with van der Waals surface area (Å²) >= 11 is 0. The predicted octanol–water partition coefficient (Wildman–Crippen LogP) is 5.16. The molecule has 32 heavy (non-hydrogen) atoms. The van der Waals surface area contributed by atoms with E-state index in [9.17, 15) is 19.1 Å². The maximum absolute atomic E-state index is 13.8. The number of amides is 1. The monoisotopic (exact) mass is 431 g/mol. The Morgan fingerprint density at radius 1 is 1.03 bits per heavy atom. The number of aliphatic hydroxyl groups excluding tert-OH is 1. The molecule has 1 aliphatic heterocycles. The fourth-order valence-corrected chi connectivity index (χ4v) is 3.89. The Morgan fingerprint density at radius 2 is 1.78 bits per heavy atom. The van der Waals surface area contributed by atoms with Gasteiger partial charge in [0.1, 0.15) is 17.3 Å². The number of para-hydroxylation sites is 1. The maximum Gasteiger partial charge on any atom is 0.300 e. The topological polar surface area (TPSA) is 66.8 Å². The van der Waals surface area contributed by atoms with Gasteiger partial charge in [-0.3, -0.25) is 14.5 Å². The zero-order valence-corrected chi connectivity index (χ0v) is 17.7. The van der Waals surface area contributed by atoms with Crippen molar-refractivity contribution in [3.05, 3.63) is 101 Å². The van der Waals surface area contributed by atoms with E-state index >= 15 is 0 Å². The van der Waals surface area contributed by atoms with Gasteiger partial charge in [0.05, 0.1) is 18.2 Å². The second-order valence-electron chi connectivity index (χ2n) is 7.47. The van der Waals surface area contributed by atoms with Gasteiger partial charge in [0.25, 0.3) is 11.7 Å². The van der Waals surface area contributed by atoms with Gasteiger partial charge < -0.3 is 9.84 Å². The van der Waals surface area contributed by atoms with Crippen LogP contribution in [0.15, 0.2) is 78.4 Å². The molecule has 0 spiro atoms. The largest absolute Gasteiger partial charge is 0.507 e. The molecule has 4 rings (SSSR count). The third-order valence-electron chi connectivity index (χ3n) is 5.40. The van der Waals surface area contributed by atoms with Crippen LogP contribution in [0.25, 0.3) is 5.76 Å². The van der Waals surface area contributed by atoms with Gasteiger partial charge in [-0.1, -0.05) is 30.3 Å². The van der Waals surface area contributed by atoms with Crippen molar-refractivity contribution >= 4 is 23.1 Å². The number of ether oxygens (including phenoxy) is 1. The van der Waals surface area contributed by atoms with Crippen LogP contribution in [0.3, 0.4) is 0 Å². The molecule has 3 aromatic rings. The first kappa shape index (κ1) is 21.3. The molecule has 0 radical (unpaired) electrons. The molecular formula is C26H22FNO4. The van der Waals surface area contributed by atoms with Crippen LogP contribution in [0.1, 0.15) is 29.7 Å². The highest BCUT2D eigenvalue weighted by Gasteiger charge is 2.47. The summed E-state index contributed by atoms with van der Waals surface area (Å²) in [5.41, 5.74) is 1.66. The predicted molar refractivity (Wildman–Crippen MR) is 120 cm³/mol. The zero-order valence-electron chi connectivity index (χ0n) is 17.7. The summed E-state index contributed by atoms with van der Waals surface area (Å²) < 4.78 is 19.4. The minimum absolute atomic E-state index is 0.0569. The Bertz CT molecular complexity index is 1220. The molecule has 1 N–H and O–H groups in total. The third-order valence-corrected chi connectivity index (χ3v) is 5.40. The quantitative estimate of drug-likeness (QED) is 0.344. The lowest BCUT2D eigenvalue weighted by Gasteiger charge is -2.25. The molecule has 1 aliphatic rings. The van der Waals surface area contributed by atoms with E-state index in [1.165, 1.54) is 23.1 Å². The summed E-state index contributed by atoms with van der Waals surface area (Å²) in [5.74, 6) is -1.74. The number of hydrogen-bond donors (Lipinski definition) is 1. The van der Waals surface area contributed by atoms with E-state index in [-0.39, 0.29) is 16.9 Å². The van der Waals surface area contributed by atoms with Gasteiger partial charge in [0, 0.05) is 11.3 Å². The molecule has 1 amide bonds. The second kappa shape index (κ2) is 8.67. The standard InChI is InChI=1S/C26H22FNO4/c1-3-32-20-11-7-8-17(15-20)23-22(24(29)18-12-13-21(27)16(2)14-18)25(30)26(31)28(23)19-9-5-4-6-10-19/h4-15,23,29H,3H2,1-2H3/b24-22-. The molecule has 1 saturated heterocycles. The molecule has 1 unspecified atom stereocenters. The van der Waals surface area contributed by atoms with Gasteiger partial charge in [-0.25, -0.2) is 4.39 Å². The van der Waals surface area contributed by atoms with Crippen LogP contribution in [0.5, 0.6) is 5.75 Å². The average molecular weight is 431 g/mol. The molecule has 162 valence electrons. The summed E-state index contributed by atoms with van der Waals surface area (Å²) in [6.45, 7) is 3.88. The highest BCUT2D eigenvalue weighted by atomic mass is 19.1. The fraction of sp³-hybridized carbons (Fsp3) is 0.154. The molecule has 1 fully saturated rings. The van der Waals surface area contributed by atoms with Crippen molar-refractivity contribution in [3.63, 3.8) is 0 Å². The number of anilines is 1. The van der Waals surface area contributed by atoms with Crippen molar-refractivity contribution < 1.29 is 23.8 Å². The molecule has 0 saturated carbocycles. The van der Waals surface area contributed by atoms with Gasteiger partial charge in [-0.2, -0.15) is 0 Å². The van der Waals surface area contributed by atoms with Crippen LogP contribution in [-0.4, -0.2) is 23.4 Å². The van der Waals surface area contributed by atoms with E-state index in [2.05, 4.69) is 0 Å². The lowest BCUT2D eigenvalue weighted by molar-refractivity contribution is -0.132. The highest BCUT2D eigenvalue weighted by Crippen LogP contribution is 2.42. The summed E-state index contributed by atoms with van der Waals surface area (Å²) in [6.07, 6.45) is 0. The van der Waals surface area contributed by atoms with E-state index in [4.69, 9.17) is 4.74 Å². The molecule has 6 heteroatoms. The first-order valence-corrected chi connectivity index (χ1v) is 10.3. The Hall–Kier alpha value is -3.93. The molecule has 5 nitrogen and oxygen atoms in total. The summed E-state index contributed by atoms with van der Waals surface area (Å²) in [4.78, 5) is 27.6. The van der Waals surface area contributed by atoms with Crippen molar-refractivity contribution in [2.75, 3.05) is 11.5 Å². The van der Waals surface area contributed by atoms with E-state index in [1.54, 1.807) is 55.5 Å². The fourth-order valence-electron chi connectivity index (χ4n) is 3.89. The van der Waals surface area contributed by atoms with Gasteiger partial charge in [0.15, 0.2) is 0 Å². The van der Waals surface area contributed by atoms with Crippen LogP contribution in [0.4, 0.5) is 10.1 Å². The van der Waals surface area contributed by atoms with Gasteiger partial charge >= 0.3 is 0 Å². The van der Waals surface area contributed by atoms with Crippen LogP contribution in [-0.2, 0) is 9.59 Å². The first-order valence-electron chi connectivity index (χ1n) is 10.3. The summed E-state index contributed by atoms with van der Waals surface area (Å²) in [6, 6.07) is 19.1. The lowest BCUT2D eigenvalue weighted by Crippen LogP contribution is -2.29. The number of rotatable bonds is 5. The maximum atomic E-state index is 13.8. The molecule has 1 heterocycles. The van der Waals surface area contributed by atoms with Crippen molar-refractivity contribution in [3.8, 4) is 5.75 Å². The van der Waals surface area contributed by atoms with E-state index in [1.807, 2.05) is 13.0 Å². The number of benzene rings is 3. The number of hydrogen-bond acceptors (Lipinski definition) is 4. The zero-order chi connectivity index (χ0) is 22.8. The van der Waals surface area contributed by atoms with Crippen molar-refractivity contribution in [1.29, 1.82) is 0 Å². The van der Waals surface area contributed by atoms with Gasteiger partial charge in [-0.05, 0) is 67.4 Å². The van der Waals surface area contributed by atoms with E-state index in [0.29, 0.717) is 29.2 Å². The van der Waals surface area contributed by atoms with Crippen molar-refractivity contribution in [1.82, 2.24) is 0 Å². The average Bonchev–Trinajstić information content (AvgIpc) is 3.07. The number of carbonyl (C=O) groups excluding carboxylic acids is 2. The Kier molecular flexibility index (Phi) is 5.77.